The standard InChI is InChI=1S/C22H33N5O2.HI/c1-3-23-22(26-15-7-6-14-25-21-12-4-5-13-24-21)27-19-10-8-11-20(18-19)29-17-9-16-28-2;/h4-5,8,10-13,18H,3,6-7,9,14-17H2,1-2H3,(H,24,25)(H2,23,26,27);1H. The van der Waals surface area contributed by atoms with Crippen LogP contribution < -0.4 is 20.7 Å². The van der Waals surface area contributed by atoms with Gasteiger partial charge in [0.05, 0.1) is 6.61 Å². The van der Waals surface area contributed by atoms with Crippen LogP contribution in [0.15, 0.2) is 53.7 Å². The van der Waals surface area contributed by atoms with Crippen LogP contribution in [0.4, 0.5) is 11.5 Å². The van der Waals surface area contributed by atoms with E-state index in [1.165, 1.54) is 0 Å². The molecule has 1 aromatic carbocycles. The molecule has 0 fully saturated rings. The molecule has 0 aliphatic heterocycles. The molecule has 0 bridgehead atoms. The molecule has 0 spiro atoms. The summed E-state index contributed by atoms with van der Waals surface area (Å²) in [6.45, 7) is 5.85. The molecule has 1 heterocycles. The van der Waals surface area contributed by atoms with Crippen LogP contribution in [0.5, 0.6) is 5.75 Å². The van der Waals surface area contributed by atoms with Gasteiger partial charge in [0, 0.05) is 57.7 Å². The second-order valence-corrected chi connectivity index (χ2v) is 6.46. The molecule has 0 saturated carbocycles. The van der Waals surface area contributed by atoms with Crippen LogP contribution in [0.1, 0.15) is 26.2 Å². The third-order valence-electron chi connectivity index (χ3n) is 4.03. The number of aliphatic imine (C=N–C) groups is 1. The normalized spacial score (nSPS) is 10.8. The first-order valence-corrected chi connectivity index (χ1v) is 10.2. The Bertz CT molecular complexity index is 716. The SMILES string of the molecule is CCNC(=NCCCCNc1ccccn1)Nc1cccc(OCCCOC)c1.I. The van der Waals surface area contributed by atoms with Crippen LogP contribution >= 0.6 is 24.0 Å². The predicted molar refractivity (Wildman–Crippen MR) is 135 cm³/mol. The van der Waals surface area contributed by atoms with Crippen molar-refractivity contribution in [2.24, 2.45) is 4.99 Å². The molecular weight excluding hydrogens is 493 g/mol. The number of anilines is 2. The molecule has 2 rings (SSSR count). The molecule has 0 unspecified atom stereocenters. The molecule has 0 atom stereocenters. The maximum atomic E-state index is 5.76. The fourth-order valence-electron chi connectivity index (χ4n) is 2.61. The fraction of sp³-hybridized carbons (Fsp3) is 0.455. The Balaban J connectivity index is 0.00000450. The second kappa shape index (κ2) is 16.7. The van der Waals surface area contributed by atoms with Gasteiger partial charge in [0.2, 0.25) is 0 Å². The Hall–Kier alpha value is -2.07. The molecule has 0 radical (unpaired) electrons. The van der Waals surface area contributed by atoms with Crippen molar-refractivity contribution < 1.29 is 9.47 Å². The fourth-order valence-corrected chi connectivity index (χ4v) is 2.61. The quantitative estimate of drug-likeness (QED) is 0.155. The van der Waals surface area contributed by atoms with E-state index in [4.69, 9.17) is 9.47 Å². The third kappa shape index (κ3) is 11.2. The van der Waals surface area contributed by atoms with Gasteiger partial charge in [-0.25, -0.2) is 4.98 Å². The molecule has 30 heavy (non-hydrogen) atoms. The third-order valence-corrected chi connectivity index (χ3v) is 4.03. The predicted octanol–water partition coefficient (Wildman–Crippen LogP) is 4.38. The van der Waals surface area contributed by atoms with Crippen molar-refractivity contribution in [3.63, 3.8) is 0 Å². The number of ether oxygens (including phenoxy) is 2. The lowest BCUT2D eigenvalue weighted by Crippen LogP contribution is -2.30. The summed E-state index contributed by atoms with van der Waals surface area (Å²) >= 11 is 0. The zero-order valence-corrected chi connectivity index (χ0v) is 20.2. The molecule has 7 nitrogen and oxygen atoms in total. The van der Waals surface area contributed by atoms with Crippen LogP contribution in [0.25, 0.3) is 0 Å². The smallest absolute Gasteiger partial charge is 0.195 e. The van der Waals surface area contributed by atoms with Crippen molar-refractivity contribution in [1.29, 1.82) is 0 Å². The summed E-state index contributed by atoms with van der Waals surface area (Å²) in [5.41, 5.74) is 0.950. The summed E-state index contributed by atoms with van der Waals surface area (Å²) in [4.78, 5) is 8.92. The van der Waals surface area contributed by atoms with Gasteiger partial charge in [-0.2, -0.15) is 0 Å². The largest absolute Gasteiger partial charge is 0.493 e. The van der Waals surface area contributed by atoms with Crippen molar-refractivity contribution in [2.45, 2.75) is 26.2 Å². The Morgan fingerprint density at radius 1 is 1.07 bits per heavy atom. The van der Waals surface area contributed by atoms with Crippen molar-refractivity contribution >= 4 is 41.4 Å². The van der Waals surface area contributed by atoms with Crippen molar-refractivity contribution in [3.05, 3.63) is 48.7 Å². The van der Waals surface area contributed by atoms with Gasteiger partial charge in [-0.15, -0.1) is 24.0 Å². The summed E-state index contributed by atoms with van der Waals surface area (Å²) in [6, 6.07) is 13.8. The van der Waals surface area contributed by atoms with E-state index in [2.05, 4.69) is 32.9 Å². The molecule has 0 aliphatic carbocycles. The molecule has 1 aromatic heterocycles. The maximum Gasteiger partial charge on any atom is 0.195 e. The zero-order valence-electron chi connectivity index (χ0n) is 17.9. The highest BCUT2D eigenvalue weighted by Crippen LogP contribution is 2.17. The number of hydrogen-bond donors (Lipinski definition) is 3. The highest BCUT2D eigenvalue weighted by Gasteiger charge is 2.01. The Kier molecular flexibility index (Phi) is 14.5. The number of methoxy groups -OCH3 is 1. The number of pyridine rings is 1. The van der Waals surface area contributed by atoms with Crippen LogP contribution in [0.3, 0.4) is 0 Å². The second-order valence-electron chi connectivity index (χ2n) is 6.46. The molecule has 0 aliphatic rings. The van der Waals surface area contributed by atoms with Crippen molar-refractivity contribution in [3.8, 4) is 5.75 Å². The average Bonchev–Trinajstić information content (AvgIpc) is 2.75. The van der Waals surface area contributed by atoms with Crippen molar-refractivity contribution in [2.75, 3.05) is 50.6 Å². The number of rotatable bonds is 13. The van der Waals surface area contributed by atoms with E-state index < -0.39 is 0 Å². The minimum Gasteiger partial charge on any atom is -0.493 e. The van der Waals surface area contributed by atoms with E-state index in [0.29, 0.717) is 13.2 Å². The number of hydrogen-bond acceptors (Lipinski definition) is 5. The van der Waals surface area contributed by atoms with Crippen LogP contribution in [-0.2, 0) is 4.74 Å². The van der Waals surface area contributed by atoms with E-state index in [9.17, 15) is 0 Å². The number of halogens is 1. The van der Waals surface area contributed by atoms with Crippen LogP contribution in [-0.4, -0.2) is 50.9 Å². The minimum absolute atomic E-state index is 0. The first-order chi connectivity index (χ1) is 14.3. The van der Waals surface area contributed by atoms with Gasteiger partial charge in [-0.1, -0.05) is 12.1 Å². The van der Waals surface area contributed by atoms with Gasteiger partial charge in [0.25, 0.3) is 0 Å². The van der Waals surface area contributed by atoms with Crippen molar-refractivity contribution in [1.82, 2.24) is 10.3 Å². The monoisotopic (exact) mass is 527 g/mol. The van der Waals surface area contributed by atoms with Gasteiger partial charge < -0.3 is 25.4 Å². The summed E-state index contributed by atoms with van der Waals surface area (Å²) in [5.74, 6) is 2.53. The molecule has 8 heteroatoms. The Morgan fingerprint density at radius 2 is 1.97 bits per heavy atom. The van der Waals surface area contributed by atoms with Gasteiger partial charge in [-0.05, 0) is 44.0 Å². The summed E-state index contributed by atoms with van der Waals surface area (Å²) in [5, 5.41) is 9.95. The summed E-state index contributed by atoms with van der Waals surface area (Å²) in [7, 11) is 1.70. The lowest BCUT2D eigenvalue weighted by Gasteiger charge is -2.13. The molecule has 0 saturated heterocycles. The average molecular weight is 527 g/mol. The highest BCUT2D eigenvalue weighted by molar-refractivity contribution is 14.0. The molecule has 166 valence electrons. The van der Waals surface area contributed by atoms with Crippen LogP contribution in [0, 0.1) is 0 Å². The topological polar surface area (TPSA) is 79.8 Å². The van der Waals surface area contributed by atoms with E-state index >= 15 is 0 Å². The Labute approximate surface area is 197 Å². The number of unbranched alkanes of at least 4 members (excludes halogenated alkanes) is 1. The first-order valence-electron chi connectivity index (χ1n) is 10.2. The first kappa shape index (κ1) is 26.0. The van der Waals surface area contributed by atoms with E-state index in [1.807, 2.05) is 42.5 Å². The lowest BCUT2D eigenvalue weighted by molar-refractivity contribution is 0.172. The molecule has 0 amide bonds. The number of aromatic nitrogens is 1. The van der Waals surface area contributed by atoms with Gasteiger partial charge >= 0.3 is 0 Å². The molecule has 2 aromatic rings. The molecule has 3 N–H and O–H groups in total. The molecular formula is C22H34IN5O2. The van der Waals surface area contributed by atoms with Gasteiger partial charge in [-0.3, -0.25) is 4.99 Å². The number of nitrogens with zero attached hydrogens (tertiary/aromatic N) is 2. The van der Waals surface area contributed by atoms with E-state index in [1.54, 1.807) is 13.3 Å². The van der Waals surface area contributed by atoms with E-state index in [0.717, 1.165) is 62.1 Å². The highest BCUT2D eigenvalue weighted by atomic mass is 127. The Morgan fingerprint density at radius 3 is 2.73 bits per heavy atom. The van der Waals surface area contributed by atoms with Gasteiger partial charge in [0.1, 0.15) is 11.6 Å². The summed E-state index contributed by atoms with van der Waals surface area (Å²) < 4.78 is 10.8. The number of benzene rings is 1. The maximum absolute atomic E-state index is 5.76. The summed E-state index contributed by atoms with van der Waals surface area (Å²) in [6.07, 6.45) is 4.69. The lowest BCUT2D eigenvalue weighted by atomic mass is 10.3. The van der Waals surface area contributed by atoms with Gasteiger partial charge in [0.15, 0.2) is 5.96 Å². The van der Waals surface area contributed by atoms with E-state index in [-0.39, 0.29) is 24.0 Å². The number of nitrogens with one attached hydrogen (secondary N) is 3. The zero-order chi connectivity index (χ0) is 20.6. The van der Waals surface area contributed by atoms with Crippen LogP contribution in [0.2, 0.25) is 0 Å². The minimum atomic E-state index is 0. The number of guanidine groups is 1.